The van der Waals surface area contributed by atoms with Crippen LogP contribution in [0.1, 0.15) is 48.5 Å². The van der Waals surface area contributed by atoms with E-state index in [1.807, 2.05) is 50.2 Å². The summed E-state index contributed by atoms with van der Waals surface area (Å²) < 4.78 is 16.7. The number of nitrogens with zero attached hydrogens (tertiary/aromatic N) is 6. The van der Waals surface area contributed by atoms with Gasteiger partial charge >= 0.3 is 0 Å². The first-order valence-electron chi connectivity index (χ1n) is 11.7. The van der Waals surface area contributed by atoms with Gasteiger partial charge in [0.2, 0.25) is 0 Å². The van der Waals surface area contributed by atoms with Crippen LogP contribution in [-0.2, 0) is 13.1 Å². The van der Waals surface area contributed by atoms with Gasteiger partial charge in [0.05, 0.1) is 30.0 Å². The third kappa shape index (κ3) is 3.31. The van der Waals surface area contributed by atoms with E-state index < -0.39 is 0 Å². The molecule has 0 bridgehead atoms. The monoisotopic (exact) mass is 476 g/mol. The van der Waals surface area contributed by atoms with Crippen LogP contribution >= 0.6 is 11.6 Å². The Bertz CT molecular complexity index is 1310. The topological polar surface area (TPSA) is 61.0 Å². The summed E-state index contributed by atoms with van der Waals surface area (Å²) in [7, 11) is 0. The molecule has 0 N–H and O–H groups in total. The minimum absolute atomic E-state index is 0.109. The van der Waals surface area contributed by atoms with E-state index in [0.29, 0.717) is 35.3 Å². The summed E-state index contributed by atoms with van der Waals surface area (Å²) in [5.41, 5.74) is 3.75. The Hall–Kier alpha value is -2.95. The molecule has 1 aromatic heterocycles. The van der Waals surface area contributed by atoms with Gasteiger partial charge in [-0.1, -0.05) is 23.7 Å². The molecule has 2 aliphatic heterocycles. The zero-order chi connectivity index (χ0) is 23.6. The highest BCUT2D eigenvalue weighted by Crippen LogP contribution is 2.57. The molecule has 3 aromatic rings. The average molecular weight is 477 g/mol. The van der Waals surface area contributed by atoms with Gasteiger partial charge in [0.25, 0.3) is 0 Å². The number of halogens is 2. The predicted octanol–water partition coefficient (Wildman–Crippen LogP) is 4.98. The number of hydrogen-bond acceptors (Lipinski definition) is 5. The first kappa shape index (κ1) is 21.6. The fourth-order valence-electron chi connectivity index (χ4n) is 5.91. The number of nitriles is 1. The van der Waals surface area contributed by atoms with Crippen LogP contribution < -0.4 is 4.90 Å². The molecule has 1 spiro atoms. The number of fused-ring (bicyclic) bond motifs is 3. The lowest BCUT2D eigenvalue weighted by molar-refractivity contribution is 0.0582. The van der Waals surface area contributed by atoms with Gasteiger partial charge in [-0.3, -0.25) is 9.47 Å². The fraction of sp³-hybridized carbons (Fsp3) is 0.423. The maximum absolute atomic E-state index is 14.6. The Kier molecular flexibility index (Phi) is 4.94. The first-order chi connectivity index (χ1) is 16.4. The lowest BCUT2D eigenvalue weighted by Gasteiger charge is -2.59. The van der Waals surface area contributed by atoms with Crippen molar-refractivity contribution in [2.24, 2.45) is 5.41 Å². The van der Waals surface area contributed by atoms with Crippen molar-refractivity contribution in [3.05, 3.63) is 70.0 Å². The Morgan fingerprint density at radius 1 is 1.15 bits per heavy atom. The lowest BCUT2D eigenvalue weighted by atomic mass is 9.57. The highest BCUT2D eigenvalue weighted by atomic mass is 35.5. The molecule has 8 heteroatoms. The molecule has 1 saturated heterocycles. The third-order valence-corrected chi connectivity index (χ3v) is 8.01. The van der Waals surface area contributed by atoms with Crippen molar-refractivity contribution in [3.8, 4) is 11.8 Å². The van der Waals surface area contributed by atoms with Crippen LogP contribution in [0.4, 0.5) is 10.1 Å². The van der Waals surface area contributed by atoms with Crippen molar-refractivity contribution in [3.63, 3.8) is 0 Å². The van der Waals surface area contributed by atoms with E-state index in [1.54, 1.807) is 0 Å². The highest BCUT2D eigenvalue weighted by Gasteiger charge is 2.54. The molecule has 1 atom stereocenters. The summed E-state index contributed by atoms with van der Waals surface area (Å²) in [4.78, 5) is 4.26. The average Bonchev–Trinajstić information content (AvgIpc) is 3.09. The van der Waals surface area contributed by atoms with Gasteiger partial charge in [-0.15, -0.1) is 10.2 Å². The van der Waals surface area contributed by atoms with Crippen molar-refractivity contribution in [2.45, 2.75) is 51.7 Å². The third-order valence-electron chi connectivity index (χ3n) is 7.78. The van der Waals surface area contributed by atoms with E-state index in [0.717, 1.165) is 48.8 Å². The second-order valence-corrected chi connectivity index (χ2v) is 10.6. The number of aryl methyl sites for hydroxylation is 1. The molecule has 0 amide bonds. The number of hydrogen-bond donors (Lipinski definition) is 0. The molecule has 1 saturated carbocycles. The van der Waals surface area contributed by atoms with Crippen molar-refractivity contribution in [2.75, 3.05) is 18.0 Å². The molecule has 174 valence electrons. The molecule has 0 radical (unpaired) electrons. The largest absolute Gasteiger partial charge is 0.368 e. The summed E-state index contributed by atoms with van der Waals surface area (Å²) in [6.45, 7) is 6.68. The standard InChI is InChI=1S/C26H26ClFN6/c1-16-4-3-5-22(24(16)28)33-14-26(15-33)9-19(10-26)25-31-30-23-13-32(17(2)11-29)12-18-8-20(27)6-7-21(18)34(23)25/h3-8,17,19H,9-10,12-15H2,1-2H3. The summed E-state index contributed by atoms with van der Waals surface area (Å²) in [6, 6.07) is 13.6. The molecular weight excluding hydrogens is 451 g/mol. The minimum Gasteiger partial charge on any atom is -0.368 e. The van der Waals surface area contributed by atoms with Gasteiger partial charge in [0, 0.05) is 36.0 Å². The van der Waals surface area contributed by atoms with Gasteiger partial charge < -0.3 is 4.90 Å². The van der Waals surface area contributed by atoms with Crippen molar-refractivity contribution in [1.29, 1.82) is 5.26 Å². The Balaban J connectivity index is 1.25. The van der Waals surface area contributed by atoms with E-state index >= 15 is 0 Å². The molecule has 3 aliphatic rings. The molecule has 34 heavy (non-hydrogen) atoms. The SMILES string of the molecule is Cc1cccc(N2CC3(CC(c4nnc5n4-c4ccc(Cl)cc4CN(C(C)C#N)C5)C3)C2)c1F. The second kappa shape index (κ2) is 7.79. The van der Waals surface area contributed by atoms with Crippen LogP contribution in [0.2, 0.25) is 5.02 Å². The summed E-state index contributed by atoms with van der Waals surface area (Å²) in [5, 5.41) is 19.4. The maximum atomic E-state index is 14.6. The van der Waals surface area contributed by atoms with Gasteiger partial charge in [-0.05, 0) is 62.1 Å². The normalized spacial score (nSPS) is 20.0. The first-order valence-corrected chi connectivity index (χ1v) is 12.1. The van der Waals surface area contributed by atoms with E-state index in [9.17, 15) is 9.65 Å². The van der Waals surface area contributed by atoms with Gasteiger partial charge in [-0.2, -0.15) is 5.26 Å². The zero-order valence-electron chi connectivity index (χ0n) is 19.3. The summed E-state index contributed by atoms with van der Waals surface area (Å²) >= 11 is 6.33. The smallest absolute Gasteiger partial charge is 0.151 e. The van der Waals surface area contributed by atoms with Crippen molar-refractivity contribution >= 4 is 17.3 Å². The molecule has 2 fully saturated rings. The second-order valence-electron chi connectivity index (χ2n) is 10.2. The number of aromatic nitrogens is 3. The molecule has 6 rings (SSSR count). The predicted molar refractivity (Wildman–Crippen MR) is 128 cm³/mol. The number of benzene rings is 2. The number of anilines is 1. The molecule has 3 heterocycles. The fourth-order valence-corrected chi connectivity index (χ4v) is 6.10. The Labute approximate surface area is 203 Å². The van der Waals surface area contributed by atoms with E-state index in [2.05, 4.69) is 30.6 Å². The quantitative estimate of drug-likeness (QED) is 0.533. The van der Waals surface area contributed by atoms with E-state index in [1.165, 1.54) is 0 Å². The molecule has 6 nitrogen and oxygen atoms in total. The minimum atomic E-state index is -0.242. The van der Waals surface area contributed by atoms with Crippen LogP contribution in [0.5, 0.6) is 0 Å². The van der Waals surface area contributed by atoms with Crippen LogP contribution in [0.25, 0.3) is 5.69 Å². The van der Waals surface area contributed by atoms with Crippen molar-refractivity contribution < 1.29 is 4.39 Å². The Morgan fingerprint density at radius 3 is 2.71 bits per heavy atom. The van der Waals surface area contributed by atoms with E-state index in [-0.39, 0.29) is 17.3 Å². The van der Waals surface area contributed by atoms with Gasteiger partial charge in [-0.25, -0.2) is 4.39 Å². The zero-order valence-corrected chi connectivity index (χ0v) is 20.1. The van der Waals surface area contributed by atoms with Crippen LogP contribution in [-0.4, -0.2) is 38.8 Å². The van der Waals surface area contributed by atoms with Gasteiger partial charge in [0.15, 0.2) is 5.82 Å². The Morgan fingerprint density at radius 2 is 1.94 bits per heavy atom. The summed E-state index contributed by atoms with van der Waals surface area (Å²) in [5.74, 6) is 2.05. The maximum Gasteiger partial charge on any atom is 0.151 e. The highest BCUT2D eigenvalue weighted by molar-refractivity contribution is 6.30. The number of rotatable bonds is 3. The molecule has 1 unspecified atom stereocenters. The molecular formula is C26H26ClFN6. The van der Waals surface area contributed by atoms with Crippen LogP contribution in [0.15, 0.2) is 36.4 Å². The summed E-state index contributed by atoms with van der Waals surface area (Å²) in [6.07, 6.45) is 2.05. The van der Waals surface area contributed by atoms with E-state index in [4.69, 9.17) is 11.6 Å². The molecule has 1 aliphatic carbocycles. The van der Waals surface area contributed by atoms with Crippen LogP contribution in [0.3, 0.4) is 0 Å². The lowest BCUT2D eigenvalue weighted by Crippen LogP contribution is -2.62. The van der Waals surface area contributed by atoms with Crippen molar-refractivity contribution in [1.82, 2.24) is 19.7 Å². The van der Waals surface area contributed by atoms with Crippen LogP contribution in [0, 0.1) is 29.5 Å². The molecule has 2 aromatic carbocycles. The van der Waals surface area contributed by atoms with Gasteiger partial charge in [0.1, 0.15) is 11.6 Å².